The van der Waals surface area contributed by atoms with Crippen LogP contribution in [0.4, 0.5) is 0 Å². The fourth-order valence-electron chi connectivity index (χ4n) is 3.51. The van der Waals surface area contributed by atoms with Gasteiger partial charge in [0.05, 0.1) is 5.82 Å². The van der Waals surface area contributed by atoms with Gasteiger partial charge in [0.2, 0.25) is 0 Å². The average molecular weight is 512 g/mol. The predicted octanol–water partition coefficient (Wildman–Crippen LogP) is 4.78. The van der Waals surface area contributed by atoms with Crippen LogP contribution in [0.2, 0.25) is 0 Å². The van der Waals surface area contributed by atoms with Gasteiger partial charge in [-0.05, 0) is 24.3 Å². The first-order chi connectivity index (χ1) is 11.0. The molecule has 4 heteroatoms. The number of aryl methyl sites for hydroxylation is 1. The molecule has 1 unspecified atom stereocenters. The molecule has 0 saturated carbocycles. The van der Waals surface area contributed by atoms with Crippen LogP contribution in [0.1, 0.15) is 30.8 Å². The maximum Gasteiger partial charge on any atom is 0.0601 e. The summed E-state index contributed by atoms with van der Waals surface area (Å²) in [5.74, 6) is 1.07. The number of hydrogen-bond donors (Lipinski definition) is 0. The third-order valence-electron chi connectivity index (χ3n) is 4.78. The van der Waals surface area contributed by atoms with E-state index in [0.717, 1.165) is 17.1 Å². The van der Waals surface area contributed by atoms with E-state index in [1.165, 1.54) is 16.6 Å². The molecule has 2 aromatic carbocycles. The van der Waals surface area contributed by atoms with Crippen molar-refractivity contribution in [2.24, 2.45) is 0 Å². The molecule has 125 valence electrons. The molecule has 3 aromatic rings. The van der Waals surface area contributed by atoms with Crippen molar-refractivity contribution in [1.82, 2.24) is 9.32 Å². The predicted molar refractivity (Wildman–Crippen MR) is 97.4 cm³/mol. The zero-order chi connectivity index (χ0) is 16.2. The van der Waals surface area contributed by atoms with Gasteiger partial charge in [0, 0.05) is 39.6 Å². The minimum absolute atomic E-state index is 0. The molecule has 0 amide bonds. The van der Waals surface area contributed by atoms with Crippen LogP contribution in [0.3, 0.4) is 0 Å². The summed E-state index contributed by atoms with van der Waals surface area (Å²) in [5.41, 5.74) is 4.89. The first-order valence-electron chi connectivity index (χ1n) is 7.95. The van der Waals surface area contributed by atoms with E-state index in [1.807, 2.05) is 6.07 Å². The number of hydrogen-bond acceptors (Lipinski definition) is 1. The fourth-order valence-corrected chi connectivity index (χ4v) is 6.53. The Morgan fingerprint density at radius 1 is 1.04 bits per heavy atom. The van der Waals surface area contributed by atoms with E-state index in [4.69, 9.17) is 4.98 Å². The molecule has 4 rings (SSSR count). The summed E-state index contributed by atoms with van der Waals surface area (Å²) in [5, 5.41) is 1.43. The van der Waals surface area contributed by atoms with E-state index in [1.54, 1.807) is 0 Å². The Labute approximate surface area is 158 Å². The maximum atomic E-state index is 4.88. The molecule has 0 bridgehead atoms. The van der Waals surface area contributed by atoms with Crippen molar-refractivity contribution in [3.05, 3.63) is 71.5 Å². The molecule has 0 spiro atoms. The number of nitrogens with zero attached hydrogens (tertiary/aromatic N) is 2. The summed E-state index contributed by atoms with van der Waals surface area (Å²) >= 11 is 0. The Bertz CT molecular complexity index is 884. The third-order valence-corrected chi connectivity index (χ3v) is 7.76. The van der Waals surface area contributed by atoms with E-state index in [-0.39, 0.29) is 25.3 Å². The molecule has 1 aliphatic rings. The average Bonchev–Trinajstić information content (AvgIpc) is 2.84. The second-order valence-corrected chi connectivity index (χ2v) is 9.24. The Morgan fingerprint density at radius 3 is 2.46 bits per heavy atom. The Hall–Kier alpha value is -1.27. The maximum absolute atomic E-state index is 4.88. The molecular formula is C20H20IrN2P-. The first kappa shape index (κ1) is 17.5. The van der Waals surface area contributed by atoms with E-state index < -0.39 is 8.07 Å². The van der Waals surface area contributed by atoms with Crippen molar-refractivity contribution in [3.8, 4) is 11.4 Å². The summed E-state index contributed by atoms with van der Waals surface area (Å²) in [6.45, 7) is 9.01. The summed E-state index contributed by atoms with van der Waals surface area (Å²) in [6.07, 6.45) is 0. The zero-order valence-electron chi connectivity index (χ0n) is 14.3. The summed E-state index contributed by atoms with van der Waals surface area (Å²) < 4.78 is 2.47. The van der Waals surface area contributed by atoms with Crippen LogP contribution in [0.25, 0.3) is 11.4 Å². The molecule has 0 N–H and O–H groups in total. The summed E-state index contributed by atoms with van der Waals surface area (Å²) in [7, 11) is -0.578. The third kappa shape index (κ3) is 2.42. The van der Waals surface area contributed by atoms with Crippen molar-refractivity contribution < 1.29 is 20.1 Å². The van der Waals surface area contributed by atoms with Crippen molar-refractivity contribution in [1.29, 1.82) is 0 Å². The fraction of sp³-hybridized carbons (Fsp3) is 0.250. The van der Waals surface area contributed by atoms with Crippen molar-refractivity contribution in [2.45, 2.75) is 32.9 Å². The number of imidazole rings is 1. The van der Waals surface area contributed by atoms with Crippen LogP contribution < -0.4 is 5.30 Å². The second kappa shape index (κ2) is 6.22. The molecule has 24 heavy (non-hydrogen) atoms. The van der Waals surface area contributed by atoms with Gasteiger partial charge in [-0.3, -0.25) is 4.98 Å². The van der Waals surface area contributed by atoms with Crippen LogP contribution in [0, 0.1) is 19.9 Å². The Morgan fingerprint density at radius 2 is 1.75 bits per heavy atom. The van der Waals surface area contributed by atoms with Gasteiger partial charge in [0.15, 0.2) is 0 Å². The van der Waals surface area contributed by atoms with Crippen molar-refractivity contribution >= 4 is 13.4 Å². The van der Waals surface area contributed by atoms with Gasteiger partial charge in [0.25, 0.3) is 0 Å². The van der Waals surface area contributed by atoms with E-state index in [9.17, 15) is 0 Å². The topological polar surface area (TPSA) is 17.8 Å². The number of fused-ring (bicyclic) bond motifs is 3. The van der Waals surface area contributed by atoms with Gasteiger partial charge in [-0.2, -0.15) is 0 Å². The van der Waals surface area contributed by atoms with E-state index >= 15 is 0 Å². The second-order valence-electron chi connectivity index (χ2n) is 6.58. The van der Waals surface area contributed by atoms with Crippen molar-refractivity contribution in [2.75, 3.05) is 0 Å². The standard InChI is InChI=1S/C20H20N2P.Ir/c1-14-15(2)22-19(21-14)17-12-8-9-13-18(17)20(3,4)23(22)16-10-6-5-7-11-16;/h5-11,13H,1-4H3;/q-1;. The molecule has 1 radical (unpaired) electrons. The molecule has 0 fully saturated rings. The van der Waals surface area contributed by atoms with Crippen LogP contribution in [0.5, 0.6) is 0 Å². The molecule has 0 saturated heterocycles. The van der Waals surface area contributed by atoms with Gasteiger partial charge in [-0.1, -0.05) is 44.2 Å². The summed E-state index contributed by atoms with van der Waals surface area (Å²) in [4.78, 5) is 4.88. The van der Waals surface area contributed by atoms with Gasteiger partial charge in [0.1, 0.15) is 0 Å². The van der Waals surface area contributed by atoms with E-state index in [2.05, 4.69) is 80.6 Å². The largest absolute Gasteiger partial charge is 0.342 e. The first-order valence-corrected chi connectivity index (χ1v) is 9.24. The Balaban J connectivity index is 0.00000169. The van der Waals surface area contributed by atoms with Crippen LogP contribution in [-0.4, -0.2) is 9.32 Å². The number of benzene rings is 2. The number of aromatic nitrogens is 2. The molecule has 2 nitrogen and oxygen atoms in total. The summed E-state index contributed by atoms with van der Waals surface area (Å²) in [6, 6.07) is 20.6. The minimum Gasteiger partial charge on any atom is -0.342 e. The van der Waals surface area contributed by atoms with Crippen LogP contribution in [0.15, 0.2) is 48.5 Å². The van der Waals surface area contributed by atoms with Crippen LogP contribution in [-0.2, 0) is 25.3 Å². The normalized spacial score (nSPS) is 17.6. The molecule has 0 aliphatic carbocycles. The van der Waals surface area contributed by atoms with Crippen LogP contribution >= 0.6 is 8.07 Å². The molecule has 1 atom stereocenters. The monoisotopic (exact) mass is 512 g/mol. The smallest absolute Gasteiger partial charge is 0.0601 e. The molecular weight excluding hydrogens is 491 g/mol. The molecule has 1 aliphatic heterocycles. The Kier molecular flexibility index (Phi) is 4.55. The minimum atomic E-state index is -0.578. The van der Waals surface area contributed by atoms with Gasteiger partial charge in [-0.25, -0.2) is 0 Å². The van der Waals surface area contributed by atoms with E-state index in [0.29, 0.717) is 0 Å². The van der Waals surface area contributed by atoms with Gasteiger partial charge < -0.3 is 4.34 Å². The van der Waals surface area contributed by atoms with Gasteiger partial charge >= 0.3 is 0 Å². The van der Waals surface area contributed by atoms with Crippen molar-refractivity contribution in [3.63, 3.8) is 0 Å². The quantitative estimate of drug-likeness (QED) is 0.340. The molecule has 1 aromatic heterocycles. The molecule has 2 heterocycles. The zero-order valence-corrected chi connectivity index (χ0v) is 17.6. The SMILES string of the molecule is Cc1nc2n(c1C)P(c1ccccc1)C(C)(C)c1ccc[c-]c1-2.[Ir]. The van der Waals surface area contributed by atoms with Gasteiger partial charge in [-0.15, -0.1) is 35.4 Å². The number of rotatable bonds is 1.